The molecule has 0 radical (unpaired) electrons. The SMILES string of the molecule is CC(C)Cc1ccc([C@@H](C)C(=O)Nc2ccc(N(C)C)cc2)cc1. The summed E-state index contributed by atoms with van der Waals surface area (Å²) in [6.07, 6.45) is 1.07. The Morgan fingerprint density at radius 1 is 0.958 bits per heavy atom. The van der Waals surface area contributed by atoms with Crippen LogP contribution in [-0.4, -0.2) is 20.0 Å². The molecule has 0 bridgehead atoms. The number of nitrogens with zero attached hydrogens (tertiary/aromatic N) is 1. The minimum absolute atomic E-state index is 0.0178. The molecule has 0 unspecified atom stereocenters. The van der Waals surface area contributed by atoms with E-state index in [2.05, 4.69) is 43.4 Å². The molecule has 3 nitrogen and oxygen atoms in total. The van der Waals surface area contributed by atoms with Crippen molar-refractivity contribution in [3.05, 3.63) is 59.7 Å². The van der Waals surface area contributed by atoms with Crippen LogP contribution in [0.3, 0.4) is 0 Å². The lowest BCUT2D eigenvalue weighted by Gasteiger charge is -2.15. The van der Waals surface area contributed by atoms with Crippen LogP contribution in [0.25, 0.3) is 0 Å². The van der Waals surface area contributed by atoms with Gasteiger partial charge in [0.25, 0.3) is 0 Å². The van der Waals surface area contributed by atoms with Crippen LogP contribution < -0.4 is 10.2 Å². The van der Waals surface area contributed by atoms with E-state index in [1.807, 2.05) is 50.2 Å². The molecule has 2 aromatic rings. The number of hydrogen-bond acceptors (Lipinski definition) is 2. The molecule has 0 fully saturated rings. The summed E-state index contributed by atoms with van der Waals surface area (Å²) in [6, 6.07) is 16.3. The summed E-state index contributed by atoms with van der Waals surface area (Å²) in [5.41, 5.74) is 4.31. The van der Waals surface area contributed by atoms with Gasteiger partial charge >= 0.3 is 0 Å². The van der Waals surface area contributed by atoms with Gasteiger partial charge in [-0.3, -0.25) is 4.79 Å². The number of benzene rings is 2. The summed E-state index contributed by atoms with van der Waals surface area (Å²) in [5, 5.41) is 3.00. The van der Waals surface area contributed by atoms with Gasteiger partial charge in [-0.2, -0.15) is 0 Å². The maximum absolute atomic E-state index is 12.5. The first-order valence-corrected chi connectivity index (χ1v) is 8.54. The van der Waals surface area contributed by atoms with Gasteiger partial charge in [0.2, 0.25) is 5.91 Å². The van der Waals surface area contributed by atoms with Crippen LogP contribution in [0.1, 0.15) is 37.8 Å². The van der Waals surface area contributed by atoms with Crippen LogP contribution in [0.5, 0.6) is 0 Å². The molecule has 0 spiro atoms. The molecule has 0 saturated heterocycles. The number of rotatable bonds is 6. The molecule has 128 valence electrons. The molecule has 2 rings (SSSR count). The zero-order valence-corrected chi connectivity index (χ0v) is 15.3. The zero-order chi connectivity index (χ0) is 17.7. The van der Waals surface area contributed by atoms with Gasteiger partial charge in [-0.15, -0.1) is 0 Å². The molecule has 1 atom stereocenters. The summed E-state index contributed by atoms with van der Waals surface area (Å²) >= 11 is 0. The van der Waals surface area contributed by atoms with Gasteiger partial charge in [-0.1, -0.05) is 38.1 Å². The summed E-state index contributed by atoms with van der Waals surface area (Å²) in [4.78, 5) is 14.5. The summed E-state index contributed by atoms with van der Waals surface area (Å²) < 4.78 is 0. The Hall–Kier alpha value is -2.29. The van der Waals surface area contributed by atoms with Gasteiger partial charge in [-0.05, 0) is 54.7 Å². The topological polar surface area (TPSA) is 32.3 Å². The van der Waals surface area contributed by atoms with Crippen molar-refractivity contribution in [1.82, 2.24) is 0 Å². The molecule has 0 aromatic heterocycles. The average molecular weight is 324 g/mol. The third kappa shape index (κ3) is 4.85. The third-order valence-electron chi connectivity index (χ3n) is 4.17. The van der Waals surface area contributed by atoms with Crippen LogP contribution >= 0.6 is 0 Å². The predicted molar refractivity (Wildman–Crippen MR) is 103 cm³/mol. The standard InChI is InChI=1S/C21H28N2O/c1-15(2)14-17-6-8-18(9-7-17)16(3)21(24)22-19-10-12-20(13-11-19)23(4)5/h6-13,15-16H,14H2,1-5H3,(H,22,24)/t16-/m1/s1. The minimum Gasteiger partial charge on any atom is -0.378 e. The Kier molecular flexibility index (Phi) is 6.02. The Balaban J connectivity index is 2.01. The quantitative estimate of drug-likeness (QED) is 0.836. The third-order valence-corrected chi connectivity index (χ3v) is 4.17. The van der Waals surface area contributed by atoms with Crippen molar-refractivity contribution in [3.63, 3.8) is 0 Å². The smallest absolute Gasteiger partial charge is 0.231 e. The highest BCUT2D eigenvalue weighted by Gasteiger charge is 2.15. The average Bonchev–Trinajstić information content (AvgIpc) is 2.54. The zero-order valence-electron chi connectivity index (χ0n) is 15.3. The van der Waals surface area contributed by atoms with Gasteiger partial charge in [-0.25, -0.2) is 0 Å². The molecule has 1 N–H and O–H groups in total. The van der Waals surface area contributed by atoms with Crippen molar-refractivity contribution in [1.29, 1.82) is 0 Å². The number of carbonyl (C=O) groups is 1. The van der Waals surface area contributed by atoms with Crippen LogP contribution in [0.2, 0.25) is 0 Å². The first-order chi connectivity index (χ1) is 11.4. The number of nitrogens with one attached hydrogen (secondary N) is 1. The van der Waals surface area contributed by atoms with Gasteiger partial charge in [0.15, 0.2) is 0 Å². The Labute approximate surface area is 145 Å². The largest absolute Gasteiger partial charge is 0.378 e. The highest BCUT2D eigenvalue weighted by molar-refractivity contribution is 5.95. The number of anilines is 2. The van der Waals surface area contributed by atoms with Crippen LogP contribution in [0.15, 0.2) is 48.5 Å². The maximum Gasteiger partial charge on any atom is 0.231 e. The van der Waals surface area contributed by atoms with Crippen LogP contribution in [0.4, 0.5) is 11.4 Å². The second kappa shape index (κ2) is 8.00. The second-order valence-electron chi connectivity index (χ2n) is 6.99. The molecular weight excluding hydrogens is 296 g/mol. The molecule has 2 aromatic carbocycles. The van der Waals surface area contributed by atoms with E-state index in [4.69, 9.17) is 0 Å². The fourth-order valence-electron chi connectivity index (χ4n) is 2.66. The molecular formula is C21H28N2O. The molecule has 0 heterocycles. The van der Waals surface area contributed by atoms with Gasteiger partial charge in [0, 0.05) is 25.5 Å². The normalized spacial score (nSPS) is 12.1. The summed E-state index contributed by atoms with van der Waals surface area (Å²) in [6.45, 7) is 6.37. The van der Waals surface area contributed by atoms with Gasteiger partial charge < -0.3 is 10.2 Å². The highest BCUT2D eigenvalue weighted by Crippen LogP contribution is 2.21. The van der Waals surface area contributed by atoms with E-state index in [-0.39, 0.29) is 11.8 Å². The lowest BCUT2D eigenvalue weighted by atomic mass is 9.96. The fraction of sp³-hybridized carbons (Fsp3) is 0.381. The van der Waals surface area contributed by atoms with E-state index in [1.165, 1.54) is 5.56 Å². The molecule has 24 heavy (non-hydrogen) atoms. The van der Waals surface area contributed by atoms with Crippen molar-refractivity contribution in [3.8, 4) is 0 Å². The first-order valence-electron chi connectivity index (χ1n) is 8.54. The van der Waals surface area contributed by atoms with E-state index in [0.717, 1.165) is 23.4 Å². The van der Waals surface area contributed by atoms with Crippen LogP contribution in [-0.2, 0) is 11.2 Å². The fourth-order valence-corrected chi connectivity index (χ4v) is 2.66. The van der Waals surface area contributed by atoms with E-state index < -0.39 is 0 Å². The Morgan fingerprint density at radius 3 is 2.04 bits per heavy atom. The minimum atomic E-state index is -0.174. The monoisotopic (exact) mass is 324 g/mol. The molecule has 0 aliphatic rings. The summed E-state index contributed by atoms with van der Waals surface area (Å²) in [7, 11) is 4.00. The lowest BCUT2D eigenvalue weighted by Crippen LogP contribution is -2.19. The van der Waals surface area contributed by atoms with Crippen molar-refractivity contribution >= 4 is 17.3 Å². The molecule has 0 aliphatic heterocycles. The molecule has 1 amide bonds. The highest BCUT2D eigenvalue weighted by atomic mass is 16.1. The van der Waals surface area contributed by atoms with E-state index in [0.29, 0.717) is 5.92 Å². The number of hydrogen-bond donors (Lipinski definition) is 1. The Bertz CT molecular complexity index is 657. The van der Waals surface area contributed by atoms with Crippen LogP contribution in [0, 0.1) is 5.92 Å². The Morgan fingerprint density at radius 2 is 1.54 bits per heavy atom. The maximum atomic E-state index is 12.5. The second-order valence-corrected chi connectivity index (χ2v) is 6.99. The van der Waals surface area contributed by atoms with E-state index in [9.17, 15) is 4.79 Å². The number of amides is 1. The van der Waals surface area contributed by atoms with Crippen molar-refractivity contribution in [2.24, 2.45) is 5.92 Å². The van der Waals surface area contributed by atoms with Gasteiger partial charge in [0.05, 0.1) is 5.92 Å². The number of carbonyl (C=O) groups excluding carboxylic acids is 1. The van der Waals surface area contributed by atoms with Gasteiger partial charge in [0.1, 0.15) is 0 Å². The van der Waals surface area contributed by atoms with Crippen molar-refractivity contribution in [2.75, 3.05) is 24.3 Å². The summed E-state index contributed by atoms with van der Waals surface area (Å²) in [5.74, 6) is 0.484. The van der Waals surface area contributed by atoms with Crippen molar-refractivity contribution < 1.29 is 4.79 Å². The molecule has 0 saturated carbocycles. The lowest BCUT2D eigenvalue weighted by molar-refractivity contribution is -0.117. The van der Waals surface area contributed by atoms with E-state index in [1.54, 1.807) is 0 Å². The van der Waals surface area contributed by atoms with E-state index >= 15 is 0 Å². The van der Waals surface area contributed by atoms with Crippen molar-refractivity contribution in [2.45, 2.75) is 33.1 Å². The molecule has 3 heteroatoms. The first kappa shape index (κ1) is 18.1. The predicted octanol–water partition coefficient (Wildman–Crippen LogP) is 4.69. The molecule has 0 aliphatic carbocycles.